The Kier molecular flexibility index (Phi) is 7.72. The number of rotatable bonds is 8. The highest BCUT2D eigenvalue weighted by atomic mass is 16.6. The standard InChI is InChI=1S/C17H33NO5/c1-2-3-7-10-22-14-11-18-13(12-19)15(20)16(14)23-17(21)8-5-4-6-9-17/h13-16,18-21H,2-12H2,1H3/t13?,14-,15+,16+/m0/s1. The molecule has 2 fully saturated rings. The van der Waals surface area contributed by atoms with Crippen LogP contribution in [0.5, 0.6) is 0 Å². The van der Waals surface area contributed by atoms with Crippen LogP contribution in [0.15, 0.2) is 0 Å². The maximum Gasteiger partial charge on any atom is 0.166 e. The molecule has 0 bridgehead atoms. The highest BCUT2D eigenvalue weighted by molar-refractivity contribution is 4.95. The Morgan fingerprint density at radius 3 is 2.57 bits per heavy atom. The van der Waals surface area contributed by atoms with Crippen molar-refractivity contribution < 1.29 is 24.8 Å². The summed E-state index contributed by atoms with van der Waals surface area (Å²) in [7, 11) is 0. The average Bonchev–Trinajstić information content (AvgIpc) is 2.55. The molecule has 0 amide bonds. The van der Waals surface area contributed by atoms with Gasteiger partial charge in [0.05, 0.1) is 18.8 Å². The molecule has 0 radical (unpaired) electrons. The van der Waals surface area contributed by atoms with E-state index < -0.39 is 24.0 Å². The van der Waals surface area contributed by atoms with Gasteiger partial charge < -0.3 is 30.1 Å². The zero-order valence-corrected chi connectivity index (χ0v) is 14.2. The summed E-state index contributed by atoms with van der Waals surface area (Å²) >= 11 is 0. The lowest BCUT2D eigenvalue weighted by Crippen LogP contribution is -2.64. The van der Waals surface area contributed by atoms with Crippen molar-refractivity contribution in [1.29, 1.82) is 0 Å². The fourth-order valence-corrected chi connectivity index (χ4v) is 3.49. The molecule has 1 aliphatic heterocycles. The number of unbranched alkanes of at least 4 members (excludes halogenated alkanes) is 2. The summed E-state index contributed by atoms with van der Waals surface area (Å²) < 4.78 is 11.9. The van der Waals surface area contributed by atoms with Crippen molar-refractivity contribution in [3.05, 3.63) is 0 Å². The Bertz CT molecular complexity index is 335. The Balaban J connectivity index is 1.97. The van der Waals surface area contributed by atoms with Crippen LogP contribution in [0, 0.1) is 0 Å². The predicted molar refractivity (Wildman–Crippen MR) is 87.1 cm³/mol. The summed E-state index contributed by atoms with van der Waals surface area (Å²) in [5.74, 6) is -1.17. The Morgan fingerprint density at radius 2 is 1.91 bits per heavy atom. The molecule has 2 aliphatic rings. The molecule has 1 saturated carbocycles. The second kappa shape index (κ2) is 9.30. The molecule has 1 heterocycles. The van der Waals surface area contributed by atoms with Gasteiger partial charge in [0, 0.05) is 26.0 Å². The number of piperidine rings is 1. The molecular weight excluding hydrogens is 298 g/mol. The van der Waals surface area contributed by atoms with Crippen LogP contribution in [0.25, 0.3) is 0 Å². The lowest BCUT2D eigenvalue weighted by molar-refractivity contribution is -0.287. The van der Waals surface area contributed by atoms with Crippen LogP contribution in [-0.2, 0) is 9.47 Å². The SMILES string of the molecule is CCCCCO[C@H]1CNC(CO)[C@@H](O)[C@@H]1OC1(O)CCCCC1. The molecule has 4 atom stereocenters. The molecule has 2 rings (SSSR count). The summed E-state index contributed by atoms with van der Waals surface area (Å²) in [4.78, 5) is 0. The van der Waals surface area contributed by atoms with Gasteiger partial charge in [-0.25, -0.2) is 0 Å². The van der Waals surface area contributed by atoms with Crippen LogP contribution in [0.2, 0.25) is 0 Å². The van der Waals surface area contributed by atoms with Crippen molar-refractivity contribution >= 4 is 0 Å². The smallest absolute Gasteiger partial charge is 0.166 e. The highest BCUT2D eigenvalue weighted by Gasteiger charge is 2.44. The number of ether oxygens (including phenoxy) is 2. The first-order chi connectivity index (χ1) is 11.1. The average molecular weight is 331 g/mol. The van der Waals surface area contributed by atoms with Crippen molar-refractivity contribution in [2.75, 3.05) is 19.8 Å². The third-order valence-corrected chi connectivity index (χ3v) is 4.96. The van der Waals surface area contributed by atoms with Gasteiger partial charge in [0.15, 0.2) is 5.79 Å². The molecule has 1 unspecified atom stereocenters. The van der Waals surface area contributed by atoms with E-state index >= 15 is 0 Å². The first kappa shape index (κ1) is 19.1. The van der Waals surface area contributed by atoms with E-state index in [4.69, 9.17) is 9.47 Å². The minimum Gasteiger partial charge on any atom is -0.395 e. The lowest BCUT2D eigenvalue weighted by Gasteiger charge is -2.44. The second-order valence-electron chi connectivity index (χ2n) is 6.89. The van der Waals surface area contributed by atoms with Crippen molar-refractivity contribution in [2.45, 2.75) is 88.4 Å². The van der Waals surface area contributed by atoms with Crippen molar-refractivity contribution in [1.82, 2.24) is 5.32 Å². The summed E-state index contributed by atoms with van der Waals surface area (Å²) in [6, 6.07) is -0.442. The molecule has 136 valence electrons. The molecule has 1 saturated heterocycles. The minimum absolute atomic E-state index is 0.165. The first-order valence-corrected chi connectivity index (χ1v) is 9.14. The highest BCUT2D eigenvalue weighted by Crippen LogP contribution is 2.32. The Morgan fingerprint density at radius 1 is 1.17 bits per heavy atom. The second-order valence-corrected chi connectivity index (χ2v) is 6.89. The summed E-state index contributed by atoms with van der Waals surface area (Å²) in [5, 5.41) is 33.7. The molecule has 0 aromatic rings. The van der Waals surface area contributed by atoms with E-state index in [0.29, 0.717) is 26.0 Å². The maximum atomic E-state index is 10.7. The Hall–Kier alpha value is -0.240. The molecule has 0 aromatic heterocycles. The van der Waals surface area contributed by atoms with E-state index in [-0.39, 0.29) is 12.7 Å². The number of hydrogen-bond donors (Lipinski definition) is 4. The molecule has 6 nitrogen and oxygen atoms in total. The lowest BCUT2D eigenvalue weighted by atomic mass is 9.91. The molecule has 0 aromatic carbocycles. The van der Waals surface area contributed by atoms with Gasteiger partial charge in [0.1, 0.15) is 12.2 Å². The molecule has 23 heavy (non-hydrogen) atoms. The van der Waals surface area contributed by atoms with E-state index in [0.717, 1.165) is 38.5 Å². The monoisotopic (exact) mass is 331 g/mol. The van der Waals surface area contributed by atoms with Crippen molar-refractivity contribution in [3.63, 3.8) is 0 Å². The van der Waals surface area contributed by atoms with E-state index in [2.05, 4.69) is 12.2 Å². The largest absolute Gasteiger partial charge is 0.395 e. The molecule has 1 aliphatic carbocycles. The van der Waals surface area contributed by atoms with Gasteiger partial charge in [-0.3, -0.25) is 0 Å². The first-order valence-electron chi connectivity index (χ1n) is 9.14. The topological polar surface area (TPSA) is 91.2 Å². The van der Waals surface area contributed by atoms with Gasteiger partial charge in [0.25, 0.3) is 0 Å². The molecule has 4 N–H and O–H groups in total. The van der Waals surface area contributed by atoms with Gasteiger partial charge >= 0.3 is 0 Å². The molecule has 6 heteroatoms. The predicted octanol–water partition coefficient (Wildman–Crippen LogP) is 0.925. The van der Waals surface area contributed by atoms with E-state index in [1.54, 1.807) is 0 Å². The van der Waals surface area contributed by atoms with E-state index in [1.807, 2.05) is 0 Å². The van der Waals surface area contributed by atoms with Crippen LogP contribution in [-0.4, -0.2) is 65.2 Å². The fraction of sp³-hybridized carbons (Fsp3) is 1.00. The maximum absolute atomic E-state index is 10.7. The number of nitrogens with one attached hydrogen (secondary N) is 1. The molecular formula is C17H33NO5. The van der Waals surface area contributed by atoms with Crippen LogP contribution in [0.3, 0.4) is 0 Å². The van der Waals surface area contributed by atoms with Crippen molar-refractivity contribution in [2.24, 2.45) is 0 Å². The van der Waals surface area contributed by atoms with Gasteiger partial charge in [0.2, 0.25) is 0 Å². The quantitative estimate of drug-likeness (QED) is 0.391. The van der Waals surface area contributed by atoms with E-state index in [9.17, 15) is 15.3 Å². The van der Waals surface area contributed by atoms with Crippen LogP contribution >= 0.6 is 0 Å². The number of aliphatic hydroxyl groups excluding tert-OH is 2. The molecule has 0 spiro atoms. The zero-order valence-electron chi connectivity index (χ0n) is 14.2. The van der Waals surface area contributed by atoms with Crippen LogP contribution in [0.4, 0.5) is 0 Å². The third-order valence-electron chi connectivity index (χ3n) is 4.96. The Labute approximate surface area is 139 Å². The van der Waals surface area contributed by atoms with Crippen LogP contribution < -0.4 is 5.32 Å². The van der Waals surface area contributed by atoms with Gasteiger partial charge in [-0.2, -0.15) is 0 Å². The number of hydrogen-bond acceptors (Lipinski definition) is 6. The van der Waals surface area contributed by atoms with Crippen LogP contribution in [0.1, 0.15) is 58.3 Å². The summed E-state index contributed by atoms with van der Waals surface area (Å²) in [5.41, 5.74) is 0. The number of aliphatic hydroxyl groups is 3. The zero-order chi connectivity index (χ0) is 16.7. The normalized spacial score (nSPS) is 34.4. The fourth-order valence-electron chi connectivity index (χ4n) is 3.49. The van der Waals surface area contributed by atoms with Crippen molar-refractivity contribution in [3.8, 4) is 0 Å². The van der Waals surface area contributed by atoms with E-state index in [1.165, 1.54) is 0 Å². The van der Waals surface area contributed by atoms with Gasteiger partial charge in [-0.1, -0.05) is 26.2 Å². The van der Waals surface area contributed by atoms with Gasteiger partial charge in [-0.15, -0.1) is 0 Å². The van der Waals surface area contributed by atoms with Gasteiger partial charge in [-0.05, 0) is 19.3 Å². The summed E-state index contributed by atoms with van der Waals surface area (Å²) in [6.45, 7) is 3.11. The minimum atomic E-state index is -1.17. The summed E-state index contributed by atoms with van der Waals surface area (Å²) in [6.07, 6.45) is 5.56. The third kappa shape index (κ3) is 5.37.